The zero-order valence-electron chi connectivity index (χ0n) is 10.6. The summed E-state index contributed by atoms with van der Waals surface area (Å²) >= 11 is 5.88. The molecule has 1 saturated carbocycles. The van der Waals surface area contributed by atoms with Gasteiger partial charge in [-0.25, -0.2) is 0 Å². The lowest BCUT2D eigenvalue weighted by Gasteiger charge is -2.17. The Morgan fingerprint density at radius 2 is 1.82 bits per heavy atom. The fraction of sp³-hybridized carbons (Fsp3) is 0.500. The van der Waals surface area contributed by atoms with E-state index in [0.717, 1.165) is 29.5 Å². The summed E-state index contributed by atoms with van der Waals surface area (Å²) in [6, 6.07) is 4.09. The fourth-order valence-corrected chi connectivity index (χ4v) is 2.62. The SMILES string of the molecule is Cc1cc(C)c(C(=O)NC2(CCl)CC2)c(C)c1. The normalized spacial score (nSPS) is 16.7. The van der Waals surface area contributed by atoms with E-state index in [1.807, 2.05) is 32.9 Å². The van der Waals surface area contributed by atoms with Crippen LogP contribution in [0.25, 0.3) is 0 Å². The van der Waals surface area contributed by atoms with Crippen molar-refractivity contribution in [1.82, 2.24) is 5.32 Å². The number of benzene rings is 1. The summed E-state index contributed by atoms with van der Waals surface area (Å²) in [6.07, 6.45) is 1.98. The van der Waals surface area contributed by atoms with Gasteiger partial charge in [0.25, 0.3) is 5.91 Å². The highest BCUT2D eigenvalue weighted by Crippen LogP contribution is 2.36. The number of hydrogen-bond acceptors (Lipinski definition) is 1. The maximum absolute atomic E-state index is 12.2. The van der Waals surface area contributed by atoms with E-state index in [0.29, 0.717) is 5.88 Å². The Bertz CT molecular complexity index is 440. The molecule has 0 aromatic heterocycles. The van der Waals surface area contributed by atoms with Crippen molar-refractivity contribution in [3.63, 3.8) is 0 Å². The standard InChI is InChI=1S/C14H18ClNO/c1-9-6-10(2)12(11(3)7-9)13(17)16-14(8-15)4-5-14/h6-7H,4-5,8H2,1-3H3,(H,16,17). The molecule has 17 heavy (non-hydrogen) atoms. The molecule has 2 rings (SSSR count). The van der Waals surface area contributed by atoms with E-state index in [1.165, 1.54) is 5.56 Å². The molecule has 1 aromatic rings. The molecule has 0 atom stereocenters. The predicted octanol–water partition coefficient (Wildman–Crippen LogP) is 3.11. The number of rotatable bonds is 3. The summed E-state index contributed by atoms with van der Waals surface area (Å²) < 4.78 is 0. The van der Waals surface area contributed by atoms with E-state index < -0.39 is 0 Å². The quantitative estimate of drug-likeness (QED) is 0.822. The Morgan fingerprint density at radius 3 is 2.24 bits per heavy atom. The van der Waals surface area contributed by atoms with Gasteiger partial charge in [-0.1, -0.05) is 17.7 Å². The van der Waals surface area contributed by atoms with Crippen LogP contribution in [0.1, 0.15) is 39.9 Å². The van der Waals surface area contributed by atoms with Crippen molar-refractivity contribution >= 4 is 17.5 Å². The number of halogens is 1. The van der Waals surface area contributed by atoms with E-state index in [9.17, 15) is 4.79 Å². The van der Waals surface area contributed by atoms with Crippen molar-refractivity contribution in [1.29, 1.82) is 0 Å². The monoisotopic (exact) mass is 251 g/mol. The number of aryl methyl sites for hydroxylation is 3. The van der Waals surface area contributed by atoms with Crippen LogP contribution >= 0.6 is 11.6 Å². The van der Waals surface area contributed by atoms with Gasteiger partial charge in [0.05, 0.1) is 5.54 Å². The Morgan fingerprint density at radius 1 is 1.29 bits per heavy atom. The molecule has 0 heterocycles. The third-order valence-electron chi connectivity index (χ3n) is 3.39. The second-order valence-electron chi connectivity index (χ2n) is 5.14. The molecule has 1 aliphatic rings. The van der Waals surface area contributed by atoms with Gasteiger partial charge in [0.1, 0.15) is 0 Å². The molecule has 1 fully saturated rings. The predicted molar refractivity (Wildman–Crippen MR) is 70.8 cm³/mol. The maximum Gasteiger partial charge on any atom is 0.252 e. The molecule has 1 N–H and O–H groups in total. The van der Waals surface area contributed by atoms with Crippen LogP contribution in [0.2, 0.25) is 0 Å². The van der Waals surface area contributed by atoms with E-state index >= 15 is 0 Å². The lowest BCUT2D eigenvalue weighted by molar-refractivity contribution is 0.0935. The number of amides is 1. The van der Waals surface area contributed by atoms with Crippen molar-refractivity contribution in [3.8, 4) is 0 Å². The van der Waals surface area contributed by atoms with Crippen LogP contribution in [0.3, 0.4) is 0 Å². The molecule has 92 valence electrons. The van der Waals surface area contributed by atoms with E-state index in [-0.39, 0.29) is 11.4 Å². The Hall–Kier alpha value is -1.02. The zero-order valence-corrected chi connectivity index (χ0v) is 11.3. The van der Waals surface area contributed by atoms with Gasteiger partial charge in [0.2, 0.25) is 0 Å². The third kappa shape index (κ3) is 2.47. The lowest BCUT2D eigenvalue weighted by Crippen LogP contribution is -2.38. The van der Waals surface area contributed by atoms with Crippen LogP contribution in [0, 0.1) is 20.8 Å². The van der Waals surface area contributed by atoms with E-state index in [2.05, 4.69) is 5.32 Å². The van der Waals surface area contributed by atoms with Gasteiger partial charge in [0.15, 0.2) is 0 Å². The highest BCUT2D eigenvalue weighted by atomic mass is 35.5. The molecular weight excluding hydrogens is 234 g/mol. The van der Waals surface area contributed by atoms with Gasteiger partial charge >= 0.3 is 0 Å². The van der Waals surface area contributed by atoms with Gasteiger partial charge in [-0.15, -0.1) is 11.6 Å². The summed E-state index contributed by atoms with van der Waals surface area (Å²) in [5.74, 6) is 0.515. The zero-order chi connectivity index (χ0) is 12.6. The van der Waals surface area contributed by atoms with Crippen molar-refractivity contribution in [3.05, 3.63) is 34.4 Å². The first-order valence-electron chi connectivity index (χ1n) is 5.94. The number of carbonyl (C=O) groups is 1. The van der Waals surface area contributed by atoms with Gasteiger partial charge in [-0.05, 0) is 44.7 Å². The maximum atomic E-state index is 12.2. The molecule has 0 unspecified atom stereocenters. The molecule has 0 saturated heterocycles. The summed E-state index contributed by atoms with van der Waals surface area (Å²) in [5.41, 5.74) is 3.92. The minimum absolute atomic E-state index is 0.0122. The van der Waals surface area contributed by atoms with Crippen LogP contribution in [0.5, 0.6) is 0 Å². The second kappa shape index (κ2) is 4.34. The molecule has 1 aromatic carbocycles. The summed E-state index contributed by atoms with van der Waals surface area (Å²) in [5, 5.41) is 3.06. The first-order valence-corrected chi connectivity index (χ1v) is 6.47. The largest absolute Gasteiger partial charge is 0.345 e. The molecule has 0 aliphatic heterocycles. The van der Waals surface area contributed by atoms with Gasteiger partial charge in [-0.2, -0.15) is 0 Å². The number of carbonyl (C=O) groups excluding carboxylic acids is 1. The van der Waals surface area contributed by atoms with Crippen LogP contribution < -0.4 is 5.32 Å². The van der Waals surface area contributed by atoms with E-state index in [1.54, 1.807) is 0 Å². The van der Waals surface area contributed by atoms with Crippen LogP contribution in [0.15, 0.2) is 12.1 Å². The van der Waals surface area contributed by atoms with Crippen molar-refractivity contribution in [2.75, 3.05) is 5.88 Å². The topological polar surface area (TPSA) is 29.1 Å². The molecule has 0 radical (unpaired) electrons. The first-order chi connectivity index (χ1) is 7.97. The molecule has 3 heteroatoms. The molecular formula is C14H18ClNO. The minimum atomic E-state index is -0.137. The molecule has 1 amide bonds. The Balaban J connectivity index is 2.25. The molecule has 0 bridgehead atoms. The van der Waals surface area contributed by atoms with Gasteiger partial charge < -0.3 is 5.32 Å². The highest BCUT2D eigenvalue weighted by molar-refractivity contribution is 6.19. The average molecular weight is 252 g/mol. The van der Waals surface area contributed by atoms with Gasteiger partial charge in [-0.3, -0.25) is 4.79 Å². The highest BCUT2D eigenvalue weighted by Gasteiger charge is 2.43. The van der Waals surface area contributed by atoms with Crippen LogP contribution in [-0.2, 0) is 0 Å². The van der Waals surface area contributed by atoms with Crippen molar-refractivity contribution < 1.29 is 4.79 Å². The van der Waals surface area contributed by atoms with Crippen molar-refractivity contribution in [2.45, 2.75) is 39.2 Å². The van der Waals surface area contributed by atoms with Crippen LogP contribution in [0.4, 0.5) is 0 Å². The molecule has 0 spiro atoms. The summed E-state index contributed by atoms with van der Waals surface area (Å²) in [7, 11) is 0. The Kier molecular flexibility index (Phi) is 3.17. The summed E-state index contributed by atoms with van der Waals surface area (Å²) in [4.78, 5) is 12.2. The van der Waals surface area contributed by atoms with E-state index in [4.69, 9.17) is 11.6 Å². The fourth-order valence-electron chi connectivity index (χ4n) is 2.28. The first kappa shape index (κ1) is 12.4. The lowest BCUT2D eigenvalue weighted by atomic mass is 9.99. The number of hydrogen-bond donors (Lipinski definition) is 1. The number of alkyl halides is 1. The smallest absolute Gasteiger partial charge is 0.252 e. The Labute approximate surface area is 107 Å². The summed E-state index contributed by atoms with van der Waals surface area (Å²) in [6.45, 7) is 6.01. The number of nitrogens with one attached hydrogen (secondary N) is 1. The second-order valence-corrected chi connectivity index (χ2v) is 5.41. The minimum Gasteiger partial charge on any atom is -0.345 e. The van der Waals surface area contributed by atoms with Crippen LogP contribution in [-0.4, -0.2) is 17.3 Å². The molecule has 2 nitrogen and oxygen atoms in total. The average Bonchev–Trinajstić information content (AvgIpc) is 2.96. The van der Waals surface area contributed by atoms with Crippen molar-refractivity contribution in [2.24, 2.45) is 0 Å². The van der Waals surface area contributed by atoms with Gasteiger partial charge in [0, 0.05) is 11.4 Å². The third-order valence-corrected chi connectivity index (χ3v) is 3.90. The molecule has 1 aliphatic carbocycles.